The molecular weight excluding hydrogens is 240 g/mol. The summed E-state index contributed by atoms with van der Waals surface area (Å²) in [6.07, 6.45) is 7.02. The molecule has 0 unspecified atom stereocenters. The Balaban J connectivity index is 1.97. The second kappa shape index (κ2) is 4.92. The van der Waals surface area contributed by atoms with E-state index in [1.54, 1.807) is 0 Å². The fraction of sp³-hybridized carbons (Fsp3) is 0.312. The van der Waals surface area contributed by atoms with Crippen molar-refractivity contribution in [2.75, 3.05) is 7.11 Å². The minimum Gasteiger partial charge on any atom is -0.479 e. The van der Waals surface area contributed by atoms with Crippen LogP contribution in [-0.4, -0.2) is 19.2 Å². The molecule has 0 fully saturated rings. The van der Waals surface area contributed by atoms with Crippen LogP contribution in [0.4, 0.5) is 0 Å². The van der Waals surface area contributed by atoms with Gasteiger partial charge in [-0.2, -0.15) is 0 Å². The van der Waals surface area contributed by atoms with E-state index in [4.69, 9.17) is 9.47 Å². The van der Waals surface area contributed by atoms with E-state index in [-0.39, 0.29) is 12.0 Å². The number of carbonyl (C=O) groups is 1. The van der Waals surface area contributed by atoms with Crippen molar-refractivity contribution in [3.05, 3.63) is 59.9 Å². The molecule has 2 aliphatic rings. The summed E-state index contributed by atoms with van der Waals surface area (Å²) in [5, 5.41) is 0. The lowest BCUT2D eigenvalue weighted by Crippen LogP contribution is -2.30. The normalized spacial score (nSPS) is 28.3. The molecule has 0 amide bonds. The molecular formula is C16H16O3. The molecule has 0 saturated heterocycles. The van der Waals surface area contributed by atoms with E-state index in [0.29, 0.717) is 11.7 Å². The fourth-order valence-electron chi connectivity index (χ4n) is 2.83. The maximum absolute atomic E-state index is 11.7. The summed E-state index contributed by atoms with van der Waals surface area (Å²) < 4.78 is 10.5. The zero-order chi connectivity index (χ0) is 13.2. The van der Waals surface area contributed by atoms with Crippen molar-refractivity contribution in [1.82, 2.24) is 0 Å². The first kappa shape index (κ1) is 12.0. The quantitative estimate of drug-likeness (QED) is 0.603. The topological polar surface area (TPSA) is 35.5 Å². The van der Waals surface area contributed by atoms with Crippen LogP contribution in [0.15, 0.2) is 54.3 Å². The SMILES string of the molecule is COC(=O)C1=C[C@@H](c2ccccc2)[C@@H]2CC=C[C@@H]2O1. The molecule has 19 heavy (non-hydrogen) atoms. The van der Waals surface area contributed by atoms with Gasteiger partial charge in [-0.3, -0.25) is 0 Å². The Morgan fingerprint density at radius 2 is 2.11 bits per heavy atom. The van der Waals surface area contributed by atoms with Crippen molar-refractivity contribution < 1.29 is 14.3 Å². The van der Waals surface area contributed by atoms with E-state index in [1.165, 1.54) is 12.7 Å². The van der Waals surface area contributed by atoms with Crippen molar-refractivity contribution in [1.29, 1.82) is 0 Å². The highest BCUT2D eigenvalue weighted by Crippen LogP contribution is 2.41. The zero-order valence-corrected chi connectivity index (χ0v) is 10.8. The lowest BCUT2D eigenvalue weighted by Gasteiger charge is -2.32. The summed E-state index contributed by atoms with van der Waals surface area (Å²) in [5.74, 6) is 0.490. The van der Waals surface area contributed by atoms with Gasteiger partial charge in [0.15, 0.2) is 0 Å². The first-order chi connectivity index (χ1) is 9.29. The van der Waals surface area contributed by atoms with Gasteiger partial charge in [0.2, 0.25) is 5.76 Å². The standard InChI is InChI=1S/C16H16O3/c1-18-16(17)15-10-13(11-6-3-2-4-7-11)12-8-5-9-14(12)19-15/h2-7,9-10,12-14H,8H2,1H3/t12-,13-,14-/m0/s1. The molecule has 0 spiro atoms. The Bertz CT molecular complexity index is 530. The van der Waals surface area contributed by atoms with E-state index in [1.807, 2.05) is 30.4 Å². The largest absolute Gasteiger partial charge is 0.479 e. The molecule has 3 rings (SSSR count). The second-order valence-electron chi connectivity index (χ2n) is 4.87. The van der Waals surface area contributed by atoms with Crippen LogP contribution in [0.1, 0.15) is 17.9 Å². The number of hydrogen-bond donors (Lipinski definition) is 0. The van der Waals surface area contributed by atoms with Gasteiger partial charge in [-0.25, -0.2) is 4.79 Å². The van der Waals surface area contributed by atoms with Crippen LogP contribution in [0, 0.1) is 5.92 Å². The maximum atomic E-state index is 11.7. The lowest BCUT2D eigenvalue weighted by molar-refractivity contribution is -0.141. The third-order valence-electron chi connectivity index (χ3n) is 3.78. The van der Waals surface area contributed by atoms with Crippen LogP contribution in [0.3, 0.4) is 0 Å². The van der Waals surface area contributed by atoms with Crippen LogP contribution in [-0.2, 0) is 14.3 Å². The average molecular weight is 256 g/mol. The van der Waals surface area contributed by atoms with Gasteiger partial charge in [0.1, 0.15) is 6.10 Å². The smallest absolute Gasteiger partial charge is 0.373 e. The highest BCUT2D eigenvalue weighted by Gasteiger charge is 2.38. The summed E-state index contributed by atoms with van der Waals surface area (Å²) >= 11 is 0. The third-order valence-corrected chi connectivity index (χ3v) is 3.78. The van der Waals surface area contributed by atoms with Crippen LogP contribution in [0.5, 0.6) is 0 Å². The minimum atomic E-state index is -0.403. The predicted octanol–water partition coefficient (Wildman–Crippen LogP) is 2.80. The van der Waals surface area contributed by atoms with Gasteiger partial charge in [-0.1, -0.05) is 36.4 Å². The van der Waals surface area contributed by atoms with Gasteiger partial charge >= 0.3 is 5.97 Å². The average Bonchev–Trinajstić information content (AvgIpc) is 2.94. The molecule has 98 valence electrons. The molecule has 3 heteroatoms. The monoisotopic (exact) mass is 256 g/mol. The maximum Gasteiger partial charge on any atom is 0.373 e. The number of methoxy groups -OCH3 is 1. The molecule has 0 saturated carbocycles. The predicted molar refractivity (Wildman–Crippen MR) is 71.4 cm³/mol. The van der Waals surface area contributed by atoms with E-state index in [9.17, 15) is 4.79 Å². The summed E-state index contributed by atoms with van der Waals surface area (Å²) in [6.45, 7) is 0. The van der Waals surface area contributed by atoms with Crippen molar-refractivity contribution in [2.24, 2.45) is 5.92 Å². The molecule has 0 radical (unpaired) electrons. The summed E-state index contributed by atoms with van der Waals surface area (Å²) in [4.78, 5) is 11.7. The van der Waals surface area contributed by atoms with Crippen molar-refractivity contribution in [3.63, 3.8) is 0 Å². The first-order valence-corrected chi connectivity index (χ1v) is 6.48. The summed E-state index contributed by atoms with van der Waals surface area (Å²) in [5.41, 5.74) is 1.21. The van der Waals surface area contributed by atoms with E-state index in [0.717, 1.165) is 6.42 Å². The van der Waals surface area contributed by atoms with E-state index < -0.39 is 5.97 Å². The molecule has 1 aromatic carbocycles. The molecule has 0 bridgehead atoms. The van der Waals surface area contributed by atoms with Crippen molar-refractivity contribution >= 4 is 5.97 Å². The zero-order valence-electron chi connectivity index (χ0n) is 10.8. The summed E-state index contributed by atoms with van der Waals surface area (Å²) in [7, 11) is 1.38. The Hall–Kier alpha value is -2.03. The van der Waals surface area contributed by atoms with E-state index >= 15 is 0 Å². The number of ether oxygens (including phenoxy) is 2. The number of rotatable bonds is 2. The molecule has 0 aromatic heterocycles. The molecule has 1 heterocycles. The minimum absolute atomic E-state index is 0.0238. The lowest BCUT2D eigenvalue weighted by atomic mass is 9.81. The van der Waals surface area contributed by atoms with E-state index in [2.05, 4.69) is 18.2 Å². The molecule has 1 aliphatic carbocycles. The number of fused-ring (bicyclic) bond motifs is 1. The summed E-state index contributed by atoms with van der Waals surface area (Å²) in [6, 6.07) is 10.2. The van der Waals surface area contributed by atoms with Gasteiger partial charge < -0.3 is 9.47 Å². The molecule has 3 atom stereocenters. The van der Waals surface area contributed by atoms with Gasteiger partial charge in [-0.15, -0.1) is 0 Å². The number of benzene rings is 1. The molecule has 0 N–H and O–H groups in total. The van der Waals surface area contributed by atoms with Gasteiger partial charge in [0, 0.05) is 11.8 Å². The first-order valence-electron chi connectivity index (χ1n) is 6.48. The third kappa shape index (κ3) is 2.16. The highest BCUT2D eigenvalue weighted by molar-refractivity contribution is 5.86. The van der Waals surface area contributed by atoms with Crippen LogP contribution in [0.2, 0.25) is 0 Å². The Morgan fingerprint density at radius 1 is 1.32 bits per heavy atom. The Kier molecular flexibility index (Phi) is 3.11. The second-order valence-corrected chi connectivity index (χ2v) is 4.87. The highest BCUT2D eigenvalue weighted by atomic mass is 16.6. The van der Waals surface area contributed by atoms with Crippen molar-refractivity contribution in [2.45, 2.75) is 18.4 Å². The number of carbonyl (C=O) groups excluding carboxylic acids is 1. The molecule has 1 aliphatic heterocycles. The number of allylic oxidation sites excluding steroid dienone is 2. The Morgan fingerprint density at radius 3 is 2.84 bits per heavy atom. The van der Waals surface area contributed by atoms with Gasteiger partial charge in [0.25, 0.3) is 0 Å². The van der Waals surface area contributed by atoms with Crippen LogP contribution >= 0.6 is 0 Å². The van der Waals surface area contributed by atoms with Gasteiger partial charge in [0.05, 0.1) is 7.11 Å². The fourth-order valence-corrected chi connectivity index (χ4v) is 2.83. The number of esters is 1. The number of hydrogen-bond acceptors (Lipinski definition) is 3. The Labute approximate surface area is 112 Å². The molecule has 3 nitrogen and oxygen atoms in total. The van der Waals surface area contributed by atoms with Crippen LogP contribution in [0.25, 0.3) is 0 Å². The molecule has 1 aromatic rings. The van der Waals surface area contributed by atoms with Gasteiger partial charge in [-0.05, 0) is 24.1 Å². The van der Waals surface area contributed by atoms with Crippen molar-refractivity contribution in [3.8, 4) is 0 Å². The van der Waals surface area contributed by atoms with Crippen LogP contribution < -0.4 is 0 Å².